The summed E-state index contributed by atoms with van der Waals surface area (Å²) in [5.74, 6) is -0.00800. The Morgan fingerprint density at radius 2 is 2.22 bits per heavy atom. The highest BCUT2D eigenvalue weighted by atomic mass is 79.9. The maximum Gasteiger partial charge on any atom is 0.239 e. The fourth-order valence-corrected chi connectivity index (χ4v) is 2.53. The van der Waals surface area contributed by atoms with E-state index in [4.69, 9.17) is 18.0 Å². The number of amides is 1. The second-order valence-electron chi connectivity index (χ2n) is 4.22. The summed E-state index contributed by atoms with van der Waals surface area (Å²) < 4.78 is 0.822. The average Bonchev–Trinajstić information content (AvgIpc) is 3.09. The minimum absolute atomic E-state index is 0.00800. The molecule has 0 aromatic heterocycles. The van der Waals surface area contributed by atoms with Crippen molar-refractivity contribution in [2.45, 2.75) is 18.9 Å². The van der Waals surface area contributed by atoms with Crippen LogP contribution in [0.1, 0.15) is 18.4 Å². The van der Waals surface area contributed by atoms with E-state index in [0.29, 0.717) is 11.0 Å². The molecule has 18 heavy (non-hydrogen) atoms. The summed E-state index contributed by atoms with van der Waals surface area (Å²) in [5, 5.41) is 5.97. The van der Waals surface area contributed by atoms with E-state index in [0.717, 1.165) is 28.6 Å². The number of rotatable bonds is 5. The van der Waals surface area contributed by atoms with Crippen molar-refractivity contribution in [3.63, 3.8) is 0 Å². The summed E-state index contributed by atoms with van der Waals surface area (Å²) >= 11 is 8.40. The molecule has 1 saturated carbocycles. The minimum atomic E-state index is -0.00800. The highest BCUT2D eigenvalue weighted by Crippen LogP contribution is 2.24. The molecule has 1 amide bonds. The summed E-state index contributed by atoms with van der Waals surface area (Å²) in [6, 6.07) is 5.96. The van der Waals surface area contributed by atoms with Crippen molar-refractivity contribution in [3.05, 3.63) is 28.2 Å². The van der Waals surface area contributed by atoms with Gasteiger partial charge in [0.25, 0.3) is 0 Å². The van der Waals surface area contributed by atoms with Crippen LogP contribution >= 0.6 is 28.1 Å². The van der Waals surface area contributed by atoms with Crippen LogP contribution in [0.25, 0.3) is 0 Å². The molecule has 0 bridgehead atoms. The van der Waals surface area contributed by atoms with E-state index in [1.54, 1.807) is 0 Å². The van der Waals surface area contributed by atoms with Crippen LogP contribution in [0.3, 0.4) is 0 Å². The van der Waals surface area contributed by atoms with Crippen LogP contribution in [-0.2, 0) is 4.79 Å². The third kappa shape index (κ3) is 3.43. The molecule has 4 N–H and O–H groups in total. The monoisotopic (exact) mass is 327 g/mol. The van der Waals surface area contributed by atoms with Crippen molar-refractivity contribution in [1.29, 1.82) is 0 Å². The molecule has 6 heteroatoms. The van der Waals surface area contributed by atoms with E-state index in [2.05, 4.69) is 26.6 Å². The Hall–Kier alpha value is -1.14. The van der Waals surface area contributed by atoms with Crippen molar-refractivity contribution in [2.75, 3.05) is 11.9 Å². The van der Waals surface area contributed by atoms with Crippen molar-refractivity contribution in [3.8, 4) is 0 Å². The molecule has 0 heterocycles. The molecular formula is C12H14BrN3OS. The number of carbonyl (C=O) groups excluding carboxylic acids is 1. The van der Waals surface area contributed by atoms with Crippen molar-refractivity contribution >= 4 is 44.7 Å². The van der Waals surface area contributed by atoms with E-state index in [-0.39, 0.29) is 12.5 Å². The molecule has 0 spiro atoms. The highest BCUT2D eigenvalue weighted by Gasteiger charge is 2.23. The molecule has 1 aliphatic rings. The Kier molecular flexibility index (Phi) is 4.19. The van der Waals surface area contributed by atoms with Gasteiger partial charge in [-0.3, -0.25) is 4.79 Å². The number of hydrogen-bond acceptors (Lipinski definition) is 3. The number of nitrogens with one attached hydrogen (secondary N) is 2. The first-order chi connectivity index (χ1) is 8.58. The molecule has 1 aromatic carbocycles. The summed E-state index contributed by atoms with van der Waals surface area (Å²) in [6.07, 6.45) is 2.17. The van der Waals surface area contributed by atoms with Gasteiger partial charge in [0.2, 0.25) is 5.91 Å². The van der Waals surface area contributed by atoms with Gasteiger partial charge < -0.3 is 16.4 Å². The number of carbonyl (C=O) groups is 1. The Balaban J connectivity index is 2.01. The zero-order valence-corrected chi connectivity index (χ0v) is 12.1. The molecule has 4 nitrogen and oxygen atoms in total. The van der Waals surface area contributed by atoms with E-state index in [1.807, 2.05) is 18.2 Å². The molecular weight excluding hydrogens is 314 g/mol. The van der Waals surface area contributed by atoms with Crippen LogP contribution in [0.15, 0.2) is 22.7 Å². The van der Waals surface area contributed by atoms with E-state index in [1.165, 1.54) is 0 Å². The summed E-state index contributed by atoms with van der Waals surface area (Å²) in [5.41, 5.74) is 7.17. The smallest absolute Gasteiger partial charge is 0.239 e. The zero-order chi connectivity index (χ0) is 13.1. The lowest BCUT2D eigenvalue weighted by Gasteiger charge is -2.12. The maximum absolute atomic E-state index is 11.6. The van der Waals surface area contributed by atoms with Crippen molar-refractivity contribution < 1.29 is 4.79 Å². The topological polar surface area (TPSA) is 67.1 Å². The first-order valence-electron chi connectivity index (χ1n) is 5.69. The number of anilines is 1. The van der Waals surface area contributed by atoms with Crippen LogP contribution in [0.5, 0.6) is 0 Å². The predicted molar refractivity (Wildman–Crippen MR) is 79.7 cm³/mol. The van der Waals surface area contributed by atoms with E-state index >= 15 is 0 Å². The first kappa shape index (κ1) is 13.3. The van der Waals surface area contributed by atoms with Crippen LogP contribution in [0.4, 0.5) is 5.69 Å². The number of halogens is 1. The SMILES string of the molecule is NC(=S)c1c(Br)cccc1NCC(=O)NC1CC1. The first-order valence-corrected chi connectivity index (χ1v) is 6.89. The zero-order valence-electron chi connectivity index (χ0n) is 9.70. The second-order valence-corrected chi connectivity index (χ2v) is 5.52. The Bertz CT molecular complexity index is 488. The van der Waals surface area contributed by atoms with E-state index in [9.17, 15) is 4.79 Å². The van der Waals surface area contributed by atoms with Crippen LogP contribution in [0.2, 0.25) is 0 Å². The third-order valence-corrected chi connectivity index (χ3v) is 3.51. The van der Waals surface area contributed by atoms with Crippen LogP contribution in [0, 0.1) is 0 Å². The quantitative estimate of drug-likeness (QED) is 0.721. The van der Waals surface area contributed by atoms with Gasteiger partial charge in [-0.2, -0.15) is 0 Å². The molecule has 1 aliphatic carbocycles. The third-order valence-electron chi connectivity index (χ3n) is 2.64. The van der Waals surface area contributed by atoms with Gasteiger partial charge in [-0.1, -0.05) is 18.3 Å². The summed E-state index contributed by atoms with van der Waals surface area (Å²) in [6.45, 7) is 0.225. The number of thiocarbonyl (C=S) groups is 1. The number of nitrogens with two attached hydrogens (primary N) is 1. The molecule has 1 fully saturated rings. The van der Waals surface area contributed by atoms with Gasteiger partial charge in [-0.15, -0.1) is 0 Å². The average molecular weight is 328 g/mol. The van der Waals surface area contributed by atoms with Crippen molar-refractivity contribution in [2.24, 2.45) is 5.73 Å². The van der Waals surface area contributed by atoms with Gasteiger partial charge in [0, 0.05) is 21.8 Å². The lowest BCUT2D eigenvalue weighted by Crippen LogP contribution is -2.31. The summed E-state index contributed by atoms with van der Waals surface area (Å²) in [4.78, 5) is 11.9. The Labute approximate surface area is 119 Å². The fraction of sp³-hybridized carbons (Fsp3) is 0.333. The van der Waals surface area contributed by atoms with Crippen LogP contribution < -0.4 is 16.4 Å². The largest absolute Gasteiger partial charge is 0.389 e. The van der Waals surface area contributed by atoms with Gasteiger partial charge >= 0.3 is 0 Å². The van der Waals surface area contributed by atoms with Crippen LogP contribution in [-0.4, -0.2) is 23.5 Å². The lowest BCUT2D eigenvalue weighted by atomic mass is 10.2. The van der Waals surface area contributed by atoms with E-state index < -0.39 is 0 Å². The molecule has 0 unspecified atom stereocenters. The minimum Gasteiger partial charge on any atom is -0.389 e. The van der Waals surface area contributed by atoms with Gasteiger partial charge in [0.15, 0.2) is 0 Å². The molecule has 0 saturated heterocycles. The molecule has 0 atom stereocenters. The highest BCUT2D eigenvalue weighted by molar-refractivity contribution is 9.10. The standard InChI is InChI=1S/C12H14BrN3OS/c13-8-2-1-3-9(11(8)12(14)18)15-6-10(17)16-7-4-5-7/h1-3,7,15H,4-6H2,(H2,14,18)(H,16,17). The van der Waals surface area contributed by atoms with Gasteiger partial charge in [0.05, 0.1) is 6.54 Å². The van der Waals surface area contributed by atoms with Gasteiger partial charge in [-0.05, 0) is 40.9 Å². The Morgan fingerprint density at radius 3 is 2.83 bits per heavy atom. The Morgan fingerprint density at radius 1 is 1.50 bits per heavy atom. The molecule has 0 aliphatic heterocycles. The lowest BCUT2D eigenvalue weighted by molar-refractivity contribution is -0.119. The maximum atomic E-state index is 11.6. The van der Waals surface area contributed by atoms with Gasteiger partial charge in [-0.25, -0.2) is 0 Å². The summed E-state index contributed by atoms with van der Waals surface area (Å²) in [7, 11) is 0. The van der Waals surface area contributed by atoms with Gasteiger partial charge in [0.1, 0.15) is 4.99 Å². The number of benzene rings is 1. The molecule has 0 radical (unpaired) electrons. The predicted octanol–water partition coefficient (Wildman–Crippen LogP) is 1.77. The fourth-order valence-electron chi connectivity index (χ4n) is 1.60. The number of hydrogen-bond donors (Lipinski definition) is 3. The molecule has 96 valence electrons. The second kappa shape index (κ2) is 5.67. The molecule has 1 aromatic rings. The normalized spacial score (nSPS) is 14.1. The van der Waals surface area contributed by atoms with Crippen molar-refractivity contribution in [1.82, 2.24) is 5.32 Å². The molecule has 2 rings (SSSR count).